The summed E-state index contributed by atoms with van der Waals surface area (Å²) in [5, 5.41) is 12.7. The fourth-order valence-corrected chi connectivity index (χ4v) is 1.60. The van der Waals surface area contributed by atoms with Crippen LogP contribution < -0.4 is 14.8 Å². The maximum Gasteiger partial charge on any atom is 0.278 e. The van der Waals surface area contributed by atoms with E-state index in [2.05, 4.69) is 20.7 Å². The number of aromatic nitrogens is 3. The van der Waals surface area contributed by atoms with E-state index in [0.29, 0.717) is 22.9 Å². The summed E-state index contributed by atoms with van der Waals surface area (Å²) in [4.78, 5) is 11.9. The van der Waals surface area contributed by atoms with Crippen molar-refractivity contribution < 1.29 is 14.3 Å². The summed E-state index contributed by atoms with van der Waals surface area (Å²) in [6, 6.07) is 5.10. The number of methoxy groups -OCH3 is 2. The van der Waals surface area contributed by atoms with E-state index < -0.39 is 0 Å². The summed E-state index contributed by atoms with van der Waals surface area (Å²) in [6.45, 7) is 1.70. The average molecular weight is 262 g/mol. The Kier molecular flexibility index (Phi) is 3.65. The highest BCUT2D eigenvalue weighted by Gasteiger charge is 2.14. The van der Waals surface area contributed by atoms with E-state index >= 15 is 0 Å². The van der Waals surface area contributed by atoms with Crippen LogP contribution in [0, 0.1) is 6.92 Å². The average Bonchev–Trinajstić information content (AvgIpc) is 2.85. The Hall–Kier alpha value is -2.57. The van der Waals surface area contributed by atoms with Crippen LogP contribution in [0.1, 0.15) is 16.2 Å². The monoisotopic (exact) mass is 262 g/mol. The number of hydrogen-bond acceptors (Lipinski definition) is 5. The van der Waals surface area contributed by atoms with Crippen molar-refractivity contribution in [2.24, 2.45) is 0 Å². The minimum atomic E-state index is -0.335. The Balaban J connectivity index is 2.20. The predicted octanol–water partition coefficient (Wildman–Crippen LogP) is 1.38. The van der Waals surface area contributed by atoms with E-state index in [4.69, 9.17) is 9.47 Å². The van der Waals surface area contributed by atoms with Gasteiger partial charge >= 0.3 is 0 Å². The number of nitrogens with zero attached hydrogens (tertiary/aromatic N) is 2. The van der Waals surface area contributed by atoms with Crippen molar-refractivity contribution in [3.63, 3.8) is 0 Å². The third-order valence-electron chi connectivity index (χ3n) is 2.58. The Morgan fingerprint density at radius 3 is 2.53 bits per heavy atom. The van der Waals surface area contributed by atoms with Gasteiger partial charge in [0.1, 0.15) is 0 Å². The molecular formula is C12H14N4O3. The summed E-state index contributed by atoms with van der Waals surface area (Å²) in [7, 11) is 3.08. The van der Waals surface area contributed by atoms with Gasteiger partial charge in [-0.3, -0.25) is 4.79 Å². The van der Waals surface area contributed by atoms with Crippen LogP contribution in [-0.2, 0) is 0 Å². The number of hydrogen-bond donors (Lipinski definition) is 2. The number of H-pyrrole nitrogens is 1. The molecule has 0 saturated carbocycles. The van der Waals surface area contributed by atoms with Gasteiger partial charge in [0.05, 0.1) is 19.9 Å². The van der Waals surface area contributed by atoms with Crippen molar-refractivity contribution in [1.29, 1.82) is 0 Å². The number of amides is 1. The van der Waals surface area contributed by atoms with Gasteiger partial charge in [-0.2, -0.15) is 15.4 Å². The van der Waals surface area contributed by atoms with E-state index in [1.807, 2.05) is 0 Å². The number of carbonyl (C=O) groups excluding carboxylic acids is 1. The van der Waals surface area contributed by atoms with Crippen LogP contribution in [0.15, 0.2) is 18.2 Å². The Labute approximate surface area is 109 Å². The molecule has 0 aliphatic rings. The van der Waals surface area contributed by atoms with E-state index in [9.17, 15) is 4.79 Å². The maximum atomic E-state index is 11.9. The van der Waals surface area contributed by atoms with Gasteiger partial charge in [-0.15, -0.1) is 0 Å². The van der Waals surface area contributed by atoms with Crippen molar-refractivity contribution in [1.82, 2.24) is 15.4 Å². The summed E-state index contributed by atoms with van der Waals surface area (Å²) < 4.78 is 10.3. The van der Waals surface area contributed by atoms with Crippen molar-refractivity contribution in [3.05, 3.63) is 29.6 Å². The van der Waals surface area contributed by atoms with Crippen molar-refractivity contribution in [2.75, 3.05) is 19.5 Å². The smallest absolute Gasteiger partial charge is 0.278 e. The lowest BCUT2D eigenvalue weighted by Gasteiger charge is -2.10. The predicted molar refractivity (Wildman–Crippen MR) is 68.6 cm³/mol. The maximum absolute atomic E-state index is 11.9. The minimum Gasteiger partial charge on any atom is -0.493 e. The fraction of sp³-hybridized carbons (Fsp3) is 0.250. The zero-order valence-corrected chi connectivity index (χ0v) is 10.9. The fourth-order valence-electron chi connectivity index (χ4n) is 1.60. The highest BCUT2D eigenvalue weighted by molar-refractivity contribution is 6.03. The van der Waals surface area contributed by atoms with Crippen molar-refractivity contribution in [2.45, 2.75) is 6.92 Å². The molecule has 0 unspecified atom stereocenters. The second-order valence-electron chi connectivity index (χ2n) is 3.78. The first-order valence-electron chi connectivity index (χ1n) is 5.56. The number of carbonyl (C=O) groups is 1. The molecule has 0 atom stereocenters. The molecule has 0 aliphatic carbocycles. The highest BCUT2D eigenvalue weighted by Crippen LogP contribution is 2.29. The lowest BCUT2D eigenvalue weighted by Crippen LogP contribution is -2.13. The molecule has 1 aromatic heterocycles. The second-order valence-corrected chi connectivity index (χ2v) is 3.78. The molecule has 1 amide bonds. The van der Waals surface area contributed by atoms with Crippen LogP contribution in [0.5, 0.6) is 11.5 Å². The molecular weight excluding hydrogens is 248 g/mol. The van der Waals surface area contributed by atoms with Gasteiger partial charge in [-0.05, 0) is 19.1 Å². The first-order valence-corrected chi connectivity index (χ1v) is 5.56. The van der Waals surface area contributed by atoms with Gasteiger partial charge < -0.3 is 14.8 Å². The third-order valence-corrected chi connectivity index (χ3v) is 2.58. The lowest BCUT2D eigenvalue weighted by molar-refractivity contribution is 0.102. The van der Waals surface area contributed by atoms with E-state index in [1.54, 1.807) is 32.2 Å². The summed E-state index contributed by atoms with van der Waals surface area (Å²) in [5.74, 6) is 0.800. The first-order chi connectivity index (χ1) is 9.15. The molecule has 0 bridgehead atoms. The van der Waals surface area contributed by atoms with Crippen LogP contribution >= 0.6 is 0 Å². The number of aromatic amines is 1. The molecule has 1 heterocycles. The molecule has 2 rings (SSSR count). The Morgan fingerprint density at radius 2 is 1.95 bits per heavy atom. The van der Waals surface area contributed by atoms with Crippen LogP contribution in [-0.4, -0.2) is 35.5 Å². The number of anilines is 1. The van der Waals surface area contributed by atoms with Crippen LogP contribution in [0.3, 0.4) is 0 Å². The van der Waals surface area contributed by atoms with E-state index in [0.717, 1.165) is 0 Å². The zero-order valence-electron chi connectivity index (χ0n) is 10.9. The zero-order chi connectivity index (χ0) is 13.8. The number of nitrogens with one attached hydrogen (secondary N) is 2. The minimum absolute atomic E-state index is 0.259. The number of aryl methyl sites for hydroxylation is 1. The largest absolute Gasteiger partial charge is 0.493 e. The quantitative estimate of drug-likeness (QED) is 0.869. The van der Waals surface area contributed by atoms with Crippen LogP contribution in [0.4, 0.5) is 5.69 Å². The third kappa shape index (κ3) is 2.65. The lowest BCUT2D eigenvalue weighted by atomic mass is 10.2. The molecule has 19 heavy (non-hydrogen) atoms. The SMILES string of the molecule is COc1ccc(NC(=O)c2n[nH]nc2C)cc1OC. The number of rotatable bonds is 4. The summed E-state index contributed by atoms with van der Waals surface area (Å²) in [5.41, 5.74) is 1.39. The van der Waals surface area contributed by atoms with Crippen LogP contribution in [0.2, 0.25) is 0 Å². The Bertz CT molecular complexity index is 594. The summed E-state index contributed by atoms with van der Waals surface area (Å²) in [6.07, 6.45) is 0. The molecule has 2 N–H and O–H groups in total. The molecule has 0 fully saturated rings. The summed E-state index contributed by atoms with van der Waals surface area (Å²) >= 11 is 0. The highest BCUT2D eigenvalue weighted by atomic mass is 16.5. The van der Waals surface area contributed by atoms with Gasteiger partial charge in [0.25, 0.3) is 5.91 Å². The van der Waals surface area contributed by atoms with Gasteiger partial charge in [0, 0.05) is 11.8 Å². The topological polar surface area (TPSA) is 89.1 Å². The molecule has 0 saturated heterocycles. The normalized spacial score (nSPS) is 10.1. The molecule has 0 radical (unpaired) electrons. The molecule has 1 aromatic carbocycles. The van der Waals surface area contributed by atoms with Gasteiger partial charge in [-0.25, -0.2) is 0 Å². The molecule has 100 valence electrons. The molecule has 7 nitrogen and oxygen atoms in total. The van der Waals surface area contributed by atoms with Crippen molar-refractivity contribution in [3.8, 4) is 11.5 Å². The molecule has 0 aliphatic heterocycles. The Morgan fingerprint density at radius 1 is 1.21 bits per heavy atom. The molecule has 7 heteroatoms. The van der Waals surface area contributed by atoms with E-state index in [-0.39, 0.29) is 11.6 Å². The molecule has 0 spiro atoms. The van der Waals surface area contributed by atoms with Crippen molar-refractivity contribution >= 4 is 11.6 Å². The second kappa shape index (κ2) is 5.38. The van der Waals surface area contributed by atoms with Gasteiger partial charge in [0.2, 0.25) is 0 Å². The van der Waals surface area contributed by atoms with Crippen LogP contribution in [0.25, 0.3) is 0 Å². The van der Waals surface area contributed by atoms with Gasteiger partial charge in [0.15, 0.2) is 17.2 Å². The number of benzene rings is 1. The van der Waals surface area contributed by atoms with Gasteiger partial charge in [-0.1, -0.05) is 0 Å². The standard InChI is InChI=1S/C12H14N4O3/c1-7-11(15-16-14-7)12(17)13-8-4-5-9(18-2)10(6-8)19-3/h4-6H,1-3H3,(H,13,17)(H,14,15,16). The number of ether oxygens (including phenoxy) is 2. The first kappa shape index (κ1) is 12.9. The molecule has 2 aromatic rings. The van der Waals surface area contributed by atoms with E-state index in [1.165, 1.54) is 7.11 Å².